The molecular formula is C13H10BrN3. The third kappa shape index (κ3) is 1.70. The number of nitrogens with two attached hydrogens (primary N) is 1. The molecule has 3 rings (SSSR count). The maximum atomic E-state index is 5.99. The smallest absolute Gasteiger partial charge is 0.146 e. The molecule has 2 aromatic heterocycles. The van der Waals surface area contributed by atoms with Crippen molar-refractivity contribution >= 4 is 27.3 Å². The van der Waals surface area contributed by atoms with Crippen LogP contribution >= 0.6 is 15.9 Å². The van der Waals surface area contributed by atoms with E-state index in [1.54, 1.807) is 0 Å². The van der Waals surface area contributed by atoms with Crippen LogP contribution in [0.15, 0.2) is 53.1 Å². The van der Waals surface area contributed by atoms with Crippen molar-refractivity contribution in [1.82, 2.24) is 9.38 Å². The molecule has 0 saturated heterocycles. The van der Waals surface area contributed by atoms with Gasteiger partial charge in [-0.05, 0) is 24.3 Å². The molecule has 0 amide bonds. The lowest BCUT2D eigenvalue weighted by molar-refractivity contribution is 1.17. The van der Waals surface area contributed by atoms with E-state index in [4.69, 9.17) is 5.73 Å². The van der Waals surface area contributed by atoms with Gasteiger partial charge < -0.3 is 5.73 Å². The Morgan fingerprint density at radius 1 is 1.12 bits per heavy atom. The van der Waals surface area contributed by atoms with Crippen LogP contribution in [0.25, 0.3) is 16.9 Å². The minimum absolute atomic E-state index is 0.690. The van der Waals surface area contributed by atoms with Gasteiger partial charge >= 0.3 is 0 Å². The minimum atomic E-state index is 0.690. The van der Waals surface area contributed by atoms with Gasteiger partial charge in [0.1, 0.15) is 11.6 Å². The van der Waals surface area contributed by atoms with Gasteiger partial charge in [-0.3, -0.25) is 4.40 Å². The molecule has 0 aliphatic carbocycles. The highest BCUT2D eigenvalue weighted by atomic mass is 79.9. The number of hydrogen-bond acceptors (Lipinski definition) is 2. The van der Waals surface area contributed by atoms with Crippen molar-refractivity contribution in [2.24, 2.45) is 0 Å². The van der Waals surface area contributed by atoms with Crippen LogP contribution in [0.5, 0.6) is 0 Å². The molecule has 0 radical (unpaired) electrons. The predicted octanol–water partition coefficient (Wildman–Crippen LogP) is 3.35. The zero-order valence-corrected chi connectivity index (χ0v) is 10.6. The number of fused-ring (bicyclic) bond motifs is 1. The third-order valence-electron chi connectivity index (χ3n) is 2.66. The van der Waals surface area contributed by atoms with E-state index in [0.717, 1.165) is 21.4 Å². The van der Waals surface area contributed by atoms with E-state index < -0.39 is 0 Å². The predicted molar refractivity (Wildman–Crippen MR) is 72.7 cm³/mol. The molecule has 0 unspecified atom stereocenters. The first-order valence-electron chi connectivity index (χ1n) is 5.23. The van der Waals surface area contributed by atoms with E-state index in [9.17, 15) is 0 Å². The van der Waals surface area contributed by atoms with E-state index >= 15 is 0 Å². The second-order valence-corrected chi connectivity index (χ2v) is 4.72. The summed E-state index contributed by atoms with van der Waals surface area (Å²) in [6.07, 6.45) is 1.83. The van der Waals surface area contributed by atoms with Crippen molar-refractivity contribution in [3.8, 4) is 11.4 Å². The molecule has 0 aliphatic rings. The second kappa shape index (κ2) is 3.89. The van der Waals surface area contributed by atoms with Crippen molar-refractivity contribution in [3.05, 3.63) is 53.1 Å². The lowest BCUT2D eigenvalue weighted by Crippen LogP contribution is -1.97. The van der Waals surface area contributed by atoms with Crippen molar-refractivity contribution in [2.75, 3.05) is 5.73 Å². The Balaban J connectivity index is 2.31. The van der Waals surface area contributed by atoms with Crippen LogP contribution in [0, 0.1) is 0 Å². The second-order valence-electron chi connectivity index (χ2n) is 3.80. The number of hydrogen-bond donors (Lipinski definition) is 1. The van der Waals surface area contributed by atoms with Crippen molar-refractivity contribution in [1.29, 1.82) is 0 Å². The summed E-state index contributed by atoms with van der Waals surface area (Å²) in [7, 11) is 0. The van der Waals surface area contributed by atoms with Crippen LogP contribution in [-0.4, -0.2) is 9.38 Å². The quantitative estimate of drug-likeness (QED) is 0.746. The summed E-state index contributed by atoms with van der Waals surface area (Å²) >= 11 is 3.46. The van der Waals surface area contributed by atoms with Crippen LogP contribution in [0.1, 0.15) is 0 Å². The number of rotatable bonds is 1. The van der Waals surface area contributed by atoms with Gasteiger partial charge in [0.05, 0.1) is 11.7 Å². The summed E-state index contributed by atoms with van der Waals surface area (Å²) in [6, 6.07) is 13.8. The standard InChI is InChI=1S/C13H10BrN3/c14-10-4-1-3-9(7-10)13-16-8-11-5-2-6-12(15)17(11)13/h1-8H,15H2. The normalized spacial score (nSPS) is 10.9. The van der Waals surface area contributed by atoms with Gasteiger partial charge in [-0.1, -0.05) is 34.1 Å². The number of imidazole rings is 1. The van der Waals surface area contributed by atoms with Gasteiger partial charge in [0.2, 0.25) is 0 Å². The molecule has 3 nitrogen and oxygen atoms in total. The van der Waals surface area contributed by atoms with Crippen molar-refractivity contribution < 1.29 is 0 Å². The summed E-state index contributed by atoms with van der Waals surface area (Å²) in [5.41, 5.74) is 8.03. The van der Waals surface area contributed by atoms with Crippen LogP contribution in [0.2, 0.25) is 0 Å². The Bertz CT molecular complexity index is 688. The molecule has 3 aromatic rings. The van der Waals surface area contributed by atoms with E-state index in [1.807, 2.05) is 53.1 Å². The molecule has 0 bridgehead atoms. The average molecular weight is 288 g/mol. The van der Waals surface area contributed by atoms with Gasteiger partial charge in [-0.2, -0.15) is 0 Å². The summed E-state index contributed by atoms with van der Waals surface area (Å²) < 4.78 is 2.98. The molecule has 0 saturated carbocycles. The fraction of sp³-hybridized carbons (Fsp3) is 0. The van der Waals surface area contributed by atoms with Crippen LogP contribution < -0.4 is 5.73 Å². The fourth-order valence-electron chi connectivity index (χ4n) is 1.90. The Hall–Kier alpha value is -1.81. The zero-order chi connectivity index (χ0) is 11.8. The number of nitrogen functional groups attached to an aromatic ring is 1. The molecule has 84 valence electrons. The Kier molecular flexibility index (Phi) is 2.37. The minimum Gasteiger partial charge on any atom is -0.385 e. The molecule has 2 N–H and O–H groups in total. The average Bonchev–Trinajstić information content (AvgIpc) is 2.74. The third-order valence-corrected chi connectivity index (χ3v) is 3.16. The van der Waals surface area contributed by atoms with Gasteiger partial charge in [0.25, 0.3) is 0 Å². The first kappa shape index (κ1) is 10.4. The lowest BCUT2D eigenvalue weighted by Gasteiger charge is -2.05. The van der Waals surface area contributed by atoms with Gasteiger partial charge in [0, 0.05) is 10.0 Å². The SMILES string of the molecule is Nc1cccc2cnc(-c3cccc(Br)c3)n12. The van der Waals surface area contributed by atoms with Crippen LogP contribution in [0.4, 0.5) is 5.82 Å². The number of aromatic nitrogens is 2. The zero-order valence-electron chi connectivity index (χ0n) is 8.97. The number of nitrogens with zero attached hydrogens (tertiary/aromatic N) is 2. The topological polar surface area (TPSA) is 43.3 Å². The molecule has 17 heavy (non-hydrogen) atoms. The summed E-state index contributed by atoms with van der Waals surface area (Å²) in [6.45, 7) is 0. The Labute approximate surface area is 107 Å². The van der Waals surface area contributed by atoms with Crippen molar-refractivity contribution in [2.45, 2.75) is 0 Å². The molecule has 0 fully saturated rings. The molecule has 0 spiro atoms. The van der Waals surface area contributed by atoms with E-state index in [1.165, 1.54) is 0 Å². The lowest BCUT2D eigenvalue weighted by atomic mass is 10.2. The number of anilines is 1. The van der Waals surface area contributed by atoms with Crippen molar-refractivity contribution in [3.63, 3.8) is 0 Å². The number of pyridine rings is 1. The number of benzene rings is 1. The Morgan fingerprint density at radius 3 is 2.76 bits per heavy atom. The highest BCUT2D eigenvalue weighted by molar-refractivity contribution is 9.10. The summed E-state index contributed by atoms with van der Waals surface area (Å²) in [4.78, 5) is 4.43. The fourth-order valence-corrected chi connectivity index (χ4v) is 2.30. The van der Waals surface area contributed by atoms with Gasteiger partial charge in [0.15, 0.2) is 0 Å². The summed E-state index contributed by atoms with van der Waals surface area (Å²) in [5.74, 6) is 1.55. The highest BCUT2D eigenvalue weighted by Gasteiger charge is 2.08. The van der Waals surface area contributed by atoms with Gasteiger partial charge in [-0.15, -0.1) is 0 Å². The van der Waals surface area contributed by atoms with Crippen LogP contribution in [0.3, 0.4) is 0 Å². The first-order chi connectivity index (χ1) is 8.25. The molecular weight excluding hydrogens is 278 g/mol. The molecule has 2 heterocycles. The highest BCUT2D eigenvalue weighted by Crippen LogP contribution is 2.24. The van der Waals surface area contributed by atoms with Gasteiger partial charge in [-0.25, -0.2) is 4.98 Å². The molecule has 0 atom stereocenters. The first-order valence-corrected chi connectivity index (χ1v) is 6.03. The number of halogens is 1. The maximum absolute atomic E-state index is 5.99. The largest absolute Gasteiger partial charge is 0.385 e. The van der Waals surface area contributed by atoms with E-state index in [0.29, 0.717) is 5.82 Å². The summed E-state index contributed by atoms with van der Waals surface area (Å²) in [5, 5.41) is 0. The van der Waals surface area contributed by atoms with E-state index in [2.05, 4.69) is 20.9 Å². The molecule has 1 aromatic carbocycles. The molecule has 0 aliphatic heterocycles. The molecule has 4 heteroatoms. The monoisotopic (exact) mass is 287 g/mol. The van der Waals surface area contributed by atoms with E-state index in [-0.39, 0.29) is 0 Å². The Morgan fingerprint density at radius 2 is 1.94 bits per heavy atom. The van der Waals surface area contributed by atoms with Crippen LogP contribution in [-0.2, 0) is 0 Å². The maximum Gasteiger partial charge on any atom is 0.146 e.